The number of hydrogen-bond acceptors (Lipinski definition) is 2. The molecule has 2 rings (SSSR count). The molecule has 1 unspecified atom stereocenters. The lowest BCUT2D eigenvalue weighted by atomic mass is 10.1. The van der Waals surface area contributed by atoms with Gasteiger partial charge >= 0.3 is 0 Å². The first-order valence-electron chi connectivity index (χ1n) is 6.57. The molecule has 0 bridgehead atoms. The second-order valence-electron chi connectivity index (χ2n) is 4.87. The molecule has 1 aliphatic heterocycles. The SMILES string of the molecule is C/C(=C/C(=O)N1CCCC1CN)c1ccccc1F. The quantitative estimate of drug-likeness (QED) is 0.849. The normalized spacial score (nSPS) is 19.8. The van der Waals surface area contributed by atoms with Crippen LogP contribution in [0.15, 0.2) is 30.3 Å². The van der Waals surface area contributed by atoms with Crippen LogP contribution < -0.4 is 5.73 Å². The fourth-order valence-corrected chi connectivity index (χ4v) is 2.50. The van der Waals surface area contributed by atoms with Crippen LogP contribution >= 0.6 is 0 Å². The predicted molar refractivity (Wildman–Crippen MR) is 73.8 cm³/mol. The molecule has 0 aliphatic carbocycles. The zero-order valence-corrected chi connectivity index (χ0v) is 11.1. The Morgan fingerprint density at radius 3 is 2.95 bits per heavy atom. The maximum Gasteiger partial charge on any atom is 0.247 e. The molecular weight excluding hydrogens is 243 g/mol. The van der Waals surface area contributed by atoms with Gasteiger partial charge in [0.05, 0.1) is 0 Å². The smallest absolute Gasteiger partial charge is 0.247 e. The molecule has 1 saturated heterocycles. The predicted octanol–water partition coefficient (Wildman–Crippen LogP) is 2.18. The molecule has 3 nitrogen and oxygen atoms in total. The van der Waals surface area contributed by atoms with E-state index in [4.69, 9.17) is 5.73 Å². The van der Waals surface area contributed by atoms with Gasteiger partial charge in [0.25, 0.3) is 0 Å². The van der Waals surface area contributed by atoms with Crippen LogP contribution in [0.25, 0.3) is 5.57 Å². The van der Waals surface area contributed by atoms with Gasteiger partial charge in [0.1, 0.15) is 5.82 Å². The van der Waals surface area contributed by atoms with Crippen molar-refractivity contribution in [2.45, 2.75) is 25.8 Å². The van der Waals surface area contributed by atoms with Crippen molar-refractivity contribution in [3.8, 4) is 0 Å². The van der Waals surface area contributed by atoms with Crippen molar-refractivity contribution in [1.82, 2.24) is 4.90 Å². The molecule has 102 valence electrons. The summed E-state index contributed by atoms with van der Waals surface area (Å²) >= 11 is 0. The molecule has 1 aromatic carbocycles. The van der Waals surface area contributed by atoms with Gasteiger partial charge in [-0.15, -0.1) is 0 Å². The molecular formula is C15H19FN2O. The lowest BCUT2D eigenvalue weighted by Crippen LogP contribution is -2.39. The molecule has 1 heterocycles. The summed E-state index contributed by atoms with van der Waals surface area (Å²) in [6.07, 6.45) is 3.45. The maximum atomic E-state index is 13.6. The van der Waals surface area contributed by atoms with Crippen LogP contribution in [0.4, 0.5) is 4.39 Å². The minimum absolute atomic E-state index is 0.0753. The van der Waals surface area contributed by atoms with Gasteiger partial charge in [-0.1, -0.05) is 18.2 Å². The summed E-state index contributed by atoms with van der Waals surface area (Å²) in [6.45, 7) is 2.98. The average molecular weight is 262 g/mol. The van der Waals surface area contributed by atoms with Crippen LogP contribution in [0.1, 0.15) is 25.3 Å². The number of allylic oxidation sites excluding steroid dienone is 1. The first-order chi connectivity index (χ1) is 9.13. The second-order valence-corrected chi connectivity index (χ2v) is 4.87. The number of halogens is 1. The molecule has 1 amide bonds. The van der Waals surface area contributed by atoms with Crippen molar-refractivity contribution in [1.29, 1.82) is 0 Å². The zero-order valence-electron chi connectivity index (χ0n) is 11.1. The maximum absolute atomic E-state index is 13.6. The Morgan fingerprint density at radius 1 is 1.53 bits per heavy atom. The van der Waals surface area contributed by atoms with Crippen molar-refractivity contribution in [3.63, 3.8) is 0 Å². The monoisotopic (exact) mass is 262 g/mol. The average Bonchev–Trinajstić information content (AvgIpc) is 2.87. The van der Waals surface area contributed by atoms with Gasteiger partial charge in [0.2, 0.25) is 5.91 Å². The zero-order chi connectivity index (χ0) is 13.8. The van der Waals surface area contributed by atoms with Gasteiger partial charge < -0.3 is 10.6 Å². The Morgan fingerprint density at radius 2 is 2.26 bits per heavy atom. The van der Waals surface area contributed by atoms with Crippen molar-refractivity contribution >= 4 is 11.5 Å². The van der Waals surface area contributed by atoms with Crippen LogP contribution in [0, 0.1) is 5.82 Å². The van der Waals surface area contributed by atoms with Crippen LogP contribution in [0.5, 0.6) is 0 Å². The van der Waals surface area contributed by atoms with E-state index < -0.39 is 0 Å². The molecule has 1 aliphatic rings. The Labute approximate surface area is 112 Å². The Kier molecular flexibility index (Phi) is 4.32. The molecule has 0 spiro atoms. The third-order valence-corrected chi connectivity index (χ3v) is 3.57. The van der Waals surface area contributed by atoms with Crippen molar-refractivity contribution in [3.05, 3.63) is 41.7 Å². The van der Waals surface area contributed by atoms with Gasteiger partial charge in [-0.2, -0.15) is 0 Å². The van der Waals surface area contributed by atoms with E-state index >= 15 is 0 Å². The lowest BCUT2D eigenvalue weighted by Gasteiger charge is -2.22. The number of rotatable bonds is 3. The molecule has 0 saturated carbocycles. The number of hydrogen-bond donors (Lipinski definition) is 1. The van der Waals surface area contributed by atoms with E-state index in [0.29, 0.717) is 17.7 Å². The van der Waals surface area contributed by atoms with Crippen LogP contribution in [0.3, 0.4) is 0 Å². The van der Waals surface area contributed by atoms with Crippen molar-refractivity contribution < 1.29 is 9.18 Å². The minimum atomic E-state index is -0.305. The lowest BCUT2D eigenvalue weighted by molar-refractivity contribution is -0.126. The minimum Gasteiger partial charge on any atom is -0.335 e. The Balaban J connectivity index is 2.17. The number of likely N-dealkylation sites (tertiary alicyclic amines) is 1. The third-order valence-electron chi connectivity index (χ3n) is 3.57. The molecule has 4 heteroatoms. The van der Waals surface area contributed by atoms with E-state index in [0.717, 1.165) is 19.4 Å². The molecule has 19 heavy (non-hydrogen) atoms. The summed E-state index contributed by atoms with van der Waals surface area (Å²) < 4.78 is 13.6. The highest BCUT2D eigenvalue weighted by molar-refractivity contribution is 5.95. The highest BCUT2D eigenvalue weighted by Crippen LogP contribution is 2.20. The van der Waals surface area contributed by atoms with Crippen molar-refractivity contribution in [2.75, 3.05) is 13.1 Å². The fraction of sp³-hybridized carbons (Fsp3) is 0.400. The van der Waals surface area contributed by atoms with E-state index in [-0.39, 0.29) is 17.8 Å². The summed E-state index contributed by atoms with van der Waals surface area (Å²) in [5.74, 6) is -0.380. The van der Waals surface area contributed by atoms with Crippen LogP contribution in [-0.2, 0) is 4.79 Å². The largest absolute Gasteiger partial charge is 0.335 e. The number of nitrogens with zero attached hydrogens (tertiary/aromatic N) is 1. The van der Waals surface area contributed by atoms with Crippen molar-refractivity contribution in [2.24, 2.45) is 5.73 Å². The Hall–Kier alpha value is -1.68. The molecule has 1 fully saturated rings. The summed E-state index contributed by atoms with van der Waals surface area (Å²) in [4.78, 5) is 14.0. The van der Waals surface area contributed by atoms with Gasteiger partial charge in [-0.3, -0.25) is 4.79 Å². The number of carbonyl (C=O) groups excluding carboxylic acids is 1. The van der Waals surface area contributed by atoms with Crippen LogP contribution in [-0.4, -0.2) is 29.9 Å². The highest BCUT2D eigenvalue weighted by Gasteiger charge is 2.26. The number of carbonyl (C=O) groups is 1. The first-order valence-corrected chi connectivity index (χ1v) is 6.57. The molecule has 2 N–H and O–H groups in total. The number of benzene rings is 1. The first kappa shape index (κ1) is 13.7. The molecule has 1 atom stereocenters. The Bertz CT molecular complexity index is 499. The van der Waals surface area contributed by atoms with Gasteiger partial charge in [-0.05, 0) is 31.4 Å². The summed E-state index contributed by atoms with van der Waals surface area (Å²) in [5.41, 5.74) is 6.77. The molecule has 1 aromatic rings. The molecule has 0 aromatic heterocycles. The number of nitrogens with two attached hydrogens (primary N) is 1. The van der Waals surface area contributed by atoms with Crippen LogP contribution in [0.2, 0.25) is 0 Å². The summed E-state index contributed by atoms with van der Waals surface area (Å²) in [6, 6.07) is 6.60. The van der Waals surface area contributed by atoms with E-state index in [1.807, 2.05) is 0 Å². The topological polar surface area (TPSA) is 46.3 Å². The van der Waals surface area contributed by atoms with Gasteiger partial charge in [0, 0.05) is 30.8 Å². The van der Waals surface area contributed by atoms with E-state index in [1.54, 1.807) is 30.0 Å². The van der Waals surface area contributed by atoms with Gasteiger partial charge in [0.15, 0.2) is 0 Å². The molecule has 0 radical (unpaired) electrons. The number of amides is 1. The fourth-order valence-electron chi connectivity index (χ4n) is 2.50. The summed E-state index contributed by atoms with van der Waals surface area (Å²) in [5, 5.41) is 0. The van der Waals surface area contributed by atoms with E-state index in [1.165, 1.54) is 12.1 Å². The second kappa shape index (κ2) is 5.97. The van der Waals surface area contributed by atoms with Gasteiger partial charge in [-0.25, -0.2) is 4.39 Å². The third kappa shape index (κ3) is 3.01. The highest BCUT2D eigenvalue weighted by atomic mass is 19.1. The summed E-state index contributed by atoms with van der Waals surface area (Å²) in [7, 11) is 0. The standard InChI is InChI=1S/C15H19FN2O/c1-11(13-6-2-3-7-14(13)16)9-15(19)18-8-4-5-12(18)10-17/h2-3,6-7,9,12H,4-5,8,10,17H2,1H3/b11-9-. The van der Waals surface area contributed by atoms with E-state index in [2.05, 4.69) is 0 Å². The van der Waals surface area contributed by atoms with E-state index in [9.17, 15) is 9.18 Å².